The highest BCUT2D eigenvalue weighted by Gasteiger charge is 2.32. The molecule has 1 aromatic heterocycles. The van der Waals surface area contributed by atoms with Gasteiger partial charge in [-0.05, 0) is 32.1 Å². The first kappa shape index (κ1) is 15.7. The van der Waals surface area contributed by atoms with Gasteiger partial charge in [0.05, 0.1) is 6.61 Å². The zero-order valence-electron chi connectivity index (χ0n) is 12.8. The monoisotopic (exact) mass is 298 g/mol. The van der Waals surface area contributed by atoms with Crippen LogP contribution >= 0.6 is 11.5 Å². The summed E-state index contributed by atoms with van der Waals surface area (Å²) < 4.78 is 9.35. The lowest BCUT2D eigenvalue weighted by Gasteiger charge is -2.28. The van der Waals surface area contributed by atoms with Crippen molar-refractivity contribution in [1.82, 2.24) is 14.5 Å². The van der Waals surface area contributed by atoms with E-state index in [9.17, 15) is 0 Å². The Kier molecular flexibility index (Phi) is 6.19. The van der Waals surface area contributed by atoms with Gasteiger partial charge in [0.2, 0.25) is 0 Å². The van der Waals surface area contributed by atoms with Crippen molar-refractivity contribution in [2.75, 3.05) is 32.1 Å². The predicted octanol–water partition coefficient (Wildman–Crippen LogP) is 2.61. The molecular formula is C14H26N4OS. The van der Waals surface area contributed by atoms with Crippen molar-refractivity contribution in [2.45, 2.75) is 45.7 Å². The minimum absolute atomic E-state index is 0.603. The van der Waals surface area contributed by atoms with Gasteiger partial charge in [0, 0.05) is 44.3 Å². The molecular weight excluding hydrogens is 272 g/mol. The summed E-state index contributed by atoms with van der Waals surface area (Å²) in [6, 6.07) is 0.603. The van der Waals surface area contributed by atoms with Gasteiger partial charge in [-0.2, -0.15) is 0 Å². The van der Waals surface area contributed by atoms with Gasteiger partial charge in [-0.25, -0.2) is 0 Å². The third-order valence-corrected chi connectivity index (χ3v) is 4.63. The van der Waals surface area contributed by atoms with Crippen molar-refractivity contribution in [2.24, 2.45) is 5.92 Å². The van der Waals surface area contributed by atoms with E-state index in [-0.39, 0.29) is 0 Å². The first-order valence-corrected chi connectivity index (χ1v) is 8.31. The van der Waals surface area contributed by atoms with Gasteiger partial charge in [-0.3, -0.25) is 4.90 Å². The van der Waals surface area contributed by atoms with Crippen LogP contribution in [0, 0.1) is 5.92 Å². The summed E-state index contributed by atoms with van der Waals surface area (Å²) in [4.78, 5) is 2.48. The van der Waals surface area contributed by atoms with Gasteiger partial charge in [-0.15, -0.1) is 5.10 Å². The van der Waals surface area contributed by atoms with Crippen LogP contribution in [0.3, 0.4) is 0 Å². The first-order valence-electron chi connectivity index (χ1n) is 7.54. The van der Waals surface area contributed by atoms with Crippen molar-refractivity contribution in [3.8, 4) is 0 Å². The van der Waals surface area contributed by atoms with E-state index in [1.165, 1.54) is 24.4 Å². The van der Waals surface area contributed by atoms with Crippen molar-refractivity contribution < 1.29 is 4.74 Å². The summed E-state index contributed by atoms with van der Waals surface area (Å²) >= 11 is 1.46. The highest BCUT2D eigenvalue weighted by molar-refractivity contribution is 7.10. The molecule has 0 radical (unpaired) electrons. The number of methoxy groups -OCH3 is 1. The fourth-order valence-corrected chi connectivity index (χ4v) is 2.99. The average Bonchev–Trinajstić information content (AvgIpc) is 3.21. The average molecular weight is 298 g/mol. The summed E-state index contributed by atoms with van der Waals surface area (Å²) in [5, 5.41) is 8.85. The molecule has 6 heteroatoms. The molecule has 114 valence electrons. The van der Waals surface area contributed by atoms with E-state index in [0.29, 0.717) is 6.04 Å². The number of ether oxygens (including phenoxy) is 1. The van der Waals surface area contributed by atoms with E-state index >= 15 is 0 Å². The number of nitrogens with one attached hydrogen (secondary N) is 1. The van der Waals surface area contributed by atoms with Gasteiger partial charge in [0.25, 0.3) is 0 Å². The Balaban J connectivity index is 1.96. The van der Waals surface area contributed by atoms with Gasteiger partial charge >= 0.3 is 0 Å². The van der Waals surface area contributed by atoms with Crippen LogP contribution in [0.5, 0.6) is 0 Å². The summed E-state index contributed by atoms with van der Waals surface area (Å²) in [5.74, 6) is 0.852. The molecule has 0 amide bonds. The Labute approximate surface area is 125 Å². The normalized spacial score (nSPS) is 16.6. The molecule has 1 saturated carbocycles. The van der Waals surface area contributed by atoms with Crippen molar-refractivity contribution in [1.29, 1.82) is 0 Å². The smallest absolute Gasteiger partial charge is 0.134 e. The lowest BCUT2D eigenvalue weighted by atomic mass is 10.1. The molecule has 1 fully saturated rings. The molecule has 0 aliphatic heterocycles. The van der Waals surface area contributed by atoms with E-state index in [1.54, 1.807) is 7.11 Å². The van der Waals surface area contributed by atoms with Crippen LogP contribution in [0.15, 0.2) is 0 Å². The van der Waals surface area contributed by atoms with Crippen molar-refractivity contribution in [3.05, 3.63) is 5.69 Å². The quantitative estimate of drug-likeness (QED) is 0.719. The van der Waals surface area contributed by atoms with Gasteiger partial charge in [0.1, 0.15) is 10.7 Å². The lowest BCUT2D eigenvalue weighted by molar-refractivity contribution is 0.111. The minimum atomic E-state index is 0.603. The highest BCUT2D eigenvalue weighted by atomic mass is 32.1. The van der Waals surface area contributed by atoms with Crippen molar-refractivity contribution in [3.63, 3.8) is 0 Å². The maximum absolute atomic E-state index is 5.25. The Hall–Kier alpha value is -0.720. The number of anilines is 1. The summed E-state index contributed by atoms with van der Waals surface area (Å²) in [6.07, 6.45) is 3.84. The van der Waals surface area contributed by atoms with Crippen LogP contribution in [-0.2, 0) is 11.3 Å². The largest absolute Gasteiger partial charge is 0.383 e. The van der Waals surface area contributed by atoms with E-state index in [4.69, 9.17) is 4.74 Å². The molecule has 1 aliphatic rings. The molecule has 1 atom stereocenters. The lowest BCUT2D eigenvalue weighted by Crippen LogP contribution is -2.37. The second kappa shape index (κ2) is 7.90. The second-order valence-electron chi connectivity index (χ2n) is 5.52. The van der Waals surface area contributed by atoms with Crippen LogP contribution in [0.25, 0.3) is 0 Å². The number of aromatic nitrogens is 2. The molecule has 1 heterocycles. The van der Waals surface area contributed by atoms with E-state index in [2.05, 4.69) is 33.7 Å². The maximum atomic E-state index is 5.25. The maximum Gasteiger partial charge on any atom is 0.134 e. The zero-order chi connectivity index (χ0) is 14.4. The first-order chi connectivity index (χ1) is 9.76. The minimum Gasteiger partial charge on any atom is -0.383 e. The van der Waals surface area contributed by atoms with Crippen LogP contribution in [0.4, 0.5) is 5.00 Å². The molecule has 1 aromatic rings. The Morgan fingerprint density at radius 3 is 2.95 bits per heavy atom. The summed E-state index contributed by atoms with van der Waals surface area (Å²) in [7, 11) is 1.76. The Morgan fingerprint density at radius 1 is 1.50 bits per heavy atom. The second-order valence-corrected chi connectivity index (χ2v) is 6.27. The molecule has 20 heavy (non-hydrogen) atoms. The topological polar surface area (TPSA) is 50.3 Å². The molecule has 0 saturated heterocycles. The predicted molar refractivity (Wildman–Crippen MR) is 83.2 cm³/mol. The van der Waals surface area contributed by atoms with E-state index < -0.39 is 0 Å². The van der Waals surface area contributed by atoms with Crippen LogP contribution in [0.2, 0.25) is 0 Å². The zero-order valence-corrected chi connectivity index (χ0v) is 13.6. The van der Waals surface area contributed by atoms with E-state index in [1.807, 2.05) is 0 Å². The number of hydrogen-bond acceptors (Lipinski definition) is 6. The molecule has 1 unspecified atom stereocenters. The molecule has 5 nitrogen and oxygen atoms in total. The molecule has 1 N–H and O–H groups in total. The third kappa shape index (κ3) is 4.40. The molecule has 0 aromatic carbocycles. The molecule has 2 rings (SSSR count). The van der Waals surface area contributed by atoms with E-state index in [0.717, 1.165) is 49.3 Å². The van der Waals surface area contributed by atoms with Gasteiger partial charge < -0.3 is 10.1 Å². The number of rotatable bonds is 10. The summed E-state index contributed by atoms with van der Waals surface area (Å²) in [6.45, 7) is 8.06. The standard InChI is InChI=1S/C14H26N4OS/c1-4-7-15-14-13(16-17-20-14)10-18(8-9-19-3)11(2)12-5-6-12/h11-12,15H,4-10H2,1-3H3. The SMILES string of the molecule is CCCNc1snnc1CN(CCOC)C(C)C1CC1. The van der Waals surface area contributed by atoms with Crippen LogP contribution in [-0.4, -0.2) is 47.3 Å². The number of nitrogens with zero attached hydrogens (tertiary/aromatic N) is 3. The molecule has 0 spiro atoms. The fourth-order valence-electron chi connectivity index (χ4n) is 2.39. The Morgan fingerprint density at radius 2 is 2.30 bits per heavy atom. The summed E-state index contributed by atoms with van der Waals surface area (Å²) in [5.41, 5.74) is 1.08. The van der Waals surface area contributed by atoms with Crippen molar-refractivity contribution >= 4 is 16.5 Å². The van der Waals surface area contributed by atoms with Gasteiger partial charge in [0.15, 0.2) is 0 Å². The Bertz CT molecular complexity index is 394. The van der Waals surface area contributed by atoms with Gasteiger partial charge in [-0.1, -0.05) is 11.4 Å². The number of hydrogen-bond donors (Lipinski definition) is 1. The third-order valence-electron chi connectivity index (χ3n) is 3.91. The van der Waals surface area contributed by atoms with Crippen LogP contribution in [0.1, 0.15) is 38.8 Å². The fraction of sp³-hybridized carbons (Fsp3) is 0.857. The highest BCUT2D eigenvalue weighted by Crippen LogP contribution is 2.36. The van der Waals surface area contributed by atoms with Crippen LogP contribution < -0.4 is 5.32 Å². The molecule has 1 aliphatic carbocycles. The molecule has 0 bridgehead atoms.